The predicted octanol–water partition coefficient (Wildman–Crippen LogP) is 4.55. The lowest BCUT2D eigenvalue weighted by atomic mass is 9.93. The molecule has 11 nitrogen and oxygen atoms in total. The molecular formula is C23H29ClF3N5O6S. The van der Waals surface area contributed by atoms with Gasteiger partial charge >= 0.3 is 18.2 Å². The number of esters is 1. The molecule has 2 aromatic rings. The summed E-state index contributed by atoms with van der Waals surface area (Å²) < 4.78 is 78.7. The number of sulfonamides is 1. The number of pyridine rings is 1. The van der Waals surface area contributed by atoms with Crippen molar-refractivity contribution < 1.29 is 40.7 Å². The molecule has 39 heavy (non-hydrogen) atoms. The molecule has 0 saturated heterocycles. The highest BCUT2D eigenvalue weighted by Gasteiger charge is 2.51. The van der Waals surface area contributed by atoms with Crippen LogP contribution in [-0.2, 0) is 37.3 Å². The smallest absolute Gasteiger partial charge is 0.427 e. The number of nitrogens with zero attached hydrogens (tertiary/aromatic N) is 4. The highest BCUT2D eigenvalue weighted by molar-refractivity contribution is 7.93. The Balaban J connectivity index is 1.95. The molecule has 0 bridgehead atoms. The fourth-order valence-corrected chi connectivity index (χ4v) is 5.84. The van der Waals surface area contributed by atoms with Crippen molar-refractivity contribution in [2.75, 3.05) is 22.8 Å². The zero-order valence-corrected chi connectivity index (χ0v) is 23.3. The van der Waals surface area contributed by atoms with Gasteiger partial charge in [0, 0.05) is 25.7 Å². The molecular weight excluding hydrogens is 567 g/mol. The maximum atomic E-state index is 13.7. The van der Waals surface area contributed by atoms with Gasteiger partial charge in [-0.2, -0.15) is 18.3 Å². The molecule has 216 valence electrons. The van der Waals surface area contributed by atoms with E-state index in [9.17, 15) is 31.2 Å². The highest BCUT2D eigenvalue weighted by Crippen LogP contribution is 2.38. The second kappa shape index (κ2) is 11.6. The highest BCUT2D eigenvalue weighted by atomic mass is 35.5. The lowest BCUT2D eigenvalue weighted by Gasteiger charge is -2.34. The molecule has 1 atom stereocenters. The molecule has 0 saturated carbocycles. The molecule has 1 amide bonds. The second-order valence-electron chi connectivity index (χ2n) is 9.30. The van der Waals surface area contributed by atoms with Gasteiger partial charge in [-0.15, -0.1) is 0 Å². The summed E-state index contributed by atoms with van der Waals surface area (Å²) in [5.41, 5.74) is -2.42. The third kappa shape index (κ3) is 6.93. The molecule has 16 heteroatoms. The van der Waals surface area contributed by atoms with Crippen LogP contribution in [0, 0.1) is 5.92 Å². The molecule has 0 aromatic carbocycles. The third-order valence-corrected chi connectivity index (χ3v) is 8.21. The van der Waals surface area contributed by atoms with Crippen LogP contribution in [0.25, 0.3) is 0 Å². The van der Waals surface area contributed by atoms with E-state index in [2.05, 4.69) is 20.1 Å². The van der Waals surface area contributed by atoms with E-state index in [0.717, 1.165) is 4.31 Å². The molecule has 0 spiro atoms. The van der Waals surface area contributed by atoms with Crippen LogP contribution in [0.4, 0.5) is 29.3 Å². The number of halogens is 4. The van der Waals surface area contributed by atoms with Crippen LogP contribution >= 0.6 is 11.6 Å². The molecule has 1 aliphatic heterocycles. The van der Waals surface area contributed by atoms with Gasteiger partial charge in [0.15, 0.2) is 5.15 Å². The van der Waals surface area contributed by atoms with Crippen molar-refractivity contribution in [3.05, 3.63) is 29.3 Å². The monoisotopic (exact) mass is 595 g/mol. The van der Waals surface area contributed by atoms with Crippen molar-refractivity contribution in [2.24, 2.45) is 5.92 Å². The van der Waals surface area contributed by atoms with Crippen LogP contribution < -0.4 is 9.62 Å². The first-order valence-corrected chi connectivity index (χ1v) is 13.9. The summed E-state index contributed by atoms with van der Waals surface area (Å²) in [6, 6.07) is 1.28. The summed E-state index contributed by atoms with van der Waals surface area (Å²) in [5.74, 6) is -0.738. The van der Waals surface area contributed by atoms with E-state index in [4.69, 9.17) is 16.3 Å². The van der Waals surface area contributed by atoms with Gasteiger partial charge in [0.05, 0.1) is 29.9 Å². The first kappa shape index (κ1) is 30.5. The lowest BCUT2D eigenvalue weighted by Crippen LogP contribution is -2.44. The number of aromatic nitrogens is 3. The average molecular weight is 596 g/mol. The Morgan fingerprint density at radius 2 is 1.95 bits per heavy atom. The first-order chi connectivity index (χ1) is 18.1. The second-order valence-corrected chi connectivity index (χ2v) is 11.5. The van der Waals surface area contributed by atoms with E-state index in [1.807, 2.05) is 0 Å². The Bertz CT molecular complexity index is 1330. The normalized spacial score (nSPS) is 16.0. The number of fused-ring (bicyclic) bond motifs is 1. The molecule has 1 unspecified atom stereocenters. The van der Waals surface area contributed by atoms with E-state index in [-0.39, 0.29) is 46.9 Å². The fraction of sp³-hybridized carbons (Fsp3) is 0.565. The fourth-order valence-electron chi connectivity index (χ4n) is 3.84. The molecule has 0 radical (unpaired) electrons. The van der Waals surface area contributed by atoms with E-state index >= 15 is 0 Å². The van der Waals surface area contributed by atoms with E-state index in [1.54, 1.807) is 13.8 Å². The quantitative estimate of drug-likeness (QED) is 0.418. The Morgan fingerprint density at radius 1 is 1.26 bits per heavy atom. The van der Waals surface area contributed by atoms with Gasteiger partial charge in [-0.25, -0.2) is 13.2 Å². The van der Waals surface area contributed by atoms with Gasteiger partial charge in [0.1, 0.15) is 4.90 Å². The first-order valence-electron chi connectivity index (χ1n) is 12.1. The zero-order valence-electron chi connectivity index (χ0n) is 21.7. The predicted molar refractivity (Wildman–Crippen MR) is 135 cm³/mol. The number of amides is 1. The summed E-state index contributed by atoms with van der Waals surface area (Å²) in [5, 5.41) is 5.92. The third-order valence-electron chi connectivity index (χ3n) is 6.04. The van der Waals surface area contributed by atoms with Gasteiger partial charge in [0.2, 0.25) is 5.60 Å². The SMILES string of the molecule is CCOC(=O)CCC1Cc2ncc(NC(=O)OC(C)(C)C(F)(F)F)cc2N(S(=O)(=O)c2cn(CC)nc2Cl)C1. The minimum Gasteiger partial charge on any atom is -0.466 e. The number of nitrogens with one attached hydrogen (secondary N) is 1. The summed E-state index contributed by atoms with van der Waals surface area (Å²) in [4.78, 5) is 28.1. The minimum absolute atomic E-state index is 0.0565. The Kier molecular flexibility index (Phi) is 9.05. The number of aryl methyl sites for hydroxylation is 1. The van der Waals surface area contributed by atoms with Crippen LogP contribution in [0.15, 0.2) is 23.4 Å². The number of alkyl halides is 3. The summed E-state index contributed by atoms with van der Waals surface area (Å²) in [6.45, 7) is 5.35. The topological polar surface area (TPSA) is 133 Å². The van der Waals surface area contributed by atoms with Crippen molar-refractivity contribution in [3.8, 4) is 0 Å². The number of ether oxygens (including phenoxy) is 2. The lowest BCUT2D eigenvalue weighted by molar-refractivity contribution is -0.242. The standard InChI is InChI=1S/C23H29ClF3N5O6S/c1-5-31-13-18(20(24)30-31)39(35,36)32-12-14(7-8-19(33)37-6-2)9-16-17(32)10-15(11-28-16)29-21(34)38-22(3,4)23(25,26)27/h10-11,13-14H,5-9,12H2,1-4H3,(H,29,34). The Morgan fingerprint density at radius 3 is 2.54 bits per heavy atom. The Labute approximate surface area is 228 Å². The van der Waals surface area contributed by atoms with E-state index in [1.165, 1.54) is 23.1 Å². The van der Waals surface area contributed by atoms with Gasteiger partial charge < -0.3 is 9.47 Å². The maximum Gasteiger partial charge on any atom is 0.427 e. The minimum atomic E-state index is -4.82. The summed E-state index contributed by atoms with van der Waals surface area (Å²) in [6.07, 6.45) is -3.07. The molecule has 3 rings (SSSR count). The van der Waals surface area contributed by atoms with Gasteiger partial charge in [-0.05, 0) is 52.5 Å². The van der Waals surface area contributed by atoms with Crippen LogP contribution in [-0.4, -0.2) is 60.2 Å². The van der Waals surface area contributed by atoms with Crippen molar-refractivity contribution in [1.29, 1.82) is 0 Å². The van der Waals surface area contributed by atoms with E-state index in [0.29, 0.717) is 38.9 Å². The number of anilines is 2. The van der Waals surface area contributed by atoms with Crippen LogP contribution in [0.2, 0.25) is 5.15 Å². The molecule has 2 aromatic heterocycles. The van der Waals surface area contributed by atoms with Crippen molar-refractivity contribution in [1.82, 2.24) is 14.8 Å². The van der Waals surface area contributed by atoms with Crippen LogP contribution in [0.5, 0.6) is 0 Å². The molecule has 1 aliphatic rings. The summed E-state index contributed by atoms with van der Waals surface area (Å²) >= 11 is 6.15. The van der Waals surface area contributed by atoms with Gasteiger partial charge in [0.25, 0.3) is 10.0 Å². The van der Waals surface area contributed by atoms with E-state index < -0.39 is 33.9 Å². The number of hydrogen-bond acceptors (Lipinski definition) is 8. The molecule has 1 N–H and O–H groups in total. The van der Waals surface area contributed by atoms with Gasteiger partial charge in [-0.1, -0.05) is 11.6 Å². The maximum absolute atomic E-state index is 13.7. The van der Waals surface area contributed by atoms with Crippen molar-refractivity contribution in [3.63, 3.8) is 0 Å². The number of carbonyl (C=O) groups excluding carboxylic acids is 2. The molecule has 3 heterocycles. The number of rotatable bonds is 9. The molecule has 0 fully saturated rings. The zero-order chi connectivity index (χ0) is 29.2. The number of hydrogen-bond donors (Lipinski definition) is 1. The summed E-state index contributed by atoms with van der Waals surface area (Å²) in [7, 11) is -4.30. The molecule has 0 aliphatic carbocycles. The Hall–Kier alpha value is -3.07. The van der Waals surface area contributed by atoms with Crippen molar-refractivity contribution in [2.45, 2.75) is 70.2 Å². The largest absolute Gasteiger partial charge is 0.466 e. The van der Waals surface area contributed by atoms with Gasteiger partial charge in [-0.3, -0.25) is 24.1 Å². The van der Waals surface area contributed by atoms with Crippen LogP contribution in [0.1, 0.15) is 46.2 Å². The average Bonchev–Trinajstić information content (AvgIpc) is 3.23. The number of carbonyl (C=O) groups is 2. The van der Waals surface area contributed by atoms with Crippen LogP contribution in [0.3, 0.4) is 0 Å². The van der Waals surface area contributed by atoms with Crippen molar-refractivity contribution >= 4 is 45.1 Å².